The molecule has 0 spiro atoms. The van der Waals surface area contributed by atoms with Gasteiger partial charge in [-0.25, -0.2) is 0 Å². The van der Waals surface area contributed by atoms with Gasteiger partial charge in [-0.2, -0.15) is 0 Å². The van der Waals surface area contributed by atoms with E-state index in [1.807, 2.05) is 11.9 Å². The van der Waals surface area contributed by atoms with Gasteiger partial charge >= 0.3 is 0 Å². The summed E-state index contributed by atoms with van der Waals surface area (Å²) in [6.07, 6.45) is 6.64. The van der Waals surface area contributed by atoms with Gasteiger partial charge < -0.3 is 10.2 Å². The van der Waals surface area contributed by atoms with Gasteiger partial charge in [0.1, 0.15) is 0 Å². The Hall–Kier alpha value is -0.830. The molecule has 1 fully saturated rings. The summed E-state index contributed by atoms with van der Waals surface area (Å²) in [6.45, 7) is 4.72. The summed E-state index contributed by atoms with van der Waals surface area (Å²) in [5, 5.41) is 3.03. The smallest absolute Gasteiger partial charge is 0.236 e. The van der Waals surface area contributed by atoms with Crippen LogP contribution in [0.3, 0.4) is 0 Å². The third-order valence-electron chi connectivity index (χ3n) is 2.83. The Labute approximate surface area is 86.2 Å². The van der Waals surface area contributed by atoms with E-state index in [9.17, 15) is 4.79 Å². The molecular weight excluding hydrogens is 176 g/mol. The minimum absolute atomic E-state index is 0.193. The Kier molecular flexibility index (Phi) is 4.66. The lowest BCUT2D eigenvalue weighted by molar-refractivity contribution is -0.130. The van der Waals surface area contributed by atoms with Crippen LogP contribution in [-0.2, 0) is 4.79 Å². The average molecular weight is 196 g/mol. The molecule has 80 valence electrons. The summed E-state index contributed by atoms with van der Waals surface area (Å²) < 4.78 is 0. The predicted molar refractivity (Wildman–Crippen MR) is 58.1 cm³/mol. The summed E-state index contributed by atoms with van der Waals surface area (Å²) in [6, 6.07) is 0.480. The molecule has 3 nitrogen and oxygen atoms in total. The van der Waals surface area contributed by atoms with Crippen molar-refractivity contribution in [2.45, 2.75) is 31.7 Å². The van der Waals surface area contributed by atoms with Crippen molar-refractivity contribution >= 4 is 5.91 Å². The van der Waals surface area contributed by atoms with E-state index in [0.717, 1.165) is 0 Å². The maximum Gasteiger partial charge on any atom is 0.236 e. The van der Waals surface area contributed by atoms with Crippen molar-refractivity contribution < 1.29 is 4.79 Å². The number of hydrogen-bond donors (Lipinski definition) is 1. The molecule has 1 rings (SSSR count). The third kappa shape index (κ3) is 3.14. The number of rotatable bonds is 5. The molecule has 0 atom stereocenters. The summed E-state index contributed by atoms with van der Waals surface area (Å²) in [5.41, 5.74) is 0. The molecule has 0 aromatic carbocycles. The summed E-state index contributed by atoms with van der Waals surface area (Å²) in [7, 11) is 1.91. The van der Waals surface area contributed by atoms with Crippen LogP contribution in [0, 0.1) is 0 Å². The van der Waals surface area contributed by atoms with Crippen LogP contribution in [-0.4, -0.2) is 37.0 Å². The molecule has 1 amide bonds. The highest BCUT2D eigenvalue weighted by molar-refractivity contribution is 5.78. The van der Waals surface area contributed by atoms with Crippen LogP contribution in [0.2, 0.25) is 0 Å². The summed E-state index contributed by atoms with van der Waals surface area (Å²) in [4.78, 5) is 13.5. The maximum absolute atomic E-state index is 11.6. The normalized spacial score (nSPS) is 16.9. The van der Waals surface area contributed by atoms with Gasteiger partial charge in [-0.3, -0.25) is 4.79 Å². The van der Waals surface area contributed by atoms with Gasteiger partial charge in [-0.1, -0.05) is 18.9 Å². The fraction of sp³-hybridized carbons (Fsp3) is 0.727. The Morgan fingerprint density at radius 1 is 1.57 bits per heavy atom. The molecule has 0 bridgehead atoms. The quantitative estimate of drug-likeness (QED) is 0.528. The first kappa shape index (κ1) is 11.2. The molecule has 0 aromatic rings. The number of hydrogen-bond acceptors (Lipinski definition) is 2. The van der Waals surface area contributed by atoms with E-state index >= 15 is 0 Å². The zero-order valence-corrected chi connectivity index (χ0v) is 8.96. The molecule has 0 heterocycles. The second kappa shape index (κ2) is 5.81. The number of nitrogens with one attached hydrogen (secondary N) is 1. The van der Waals surface area contributed by atoms with Gasteiger partial charge in [0.2, 0.25) is 5.91 Å². The molecule has 1 saturated carbocycles. The number of likely N-dealkylation sites (N-methyl/N-ethyl adjacent to an activating group) is 1. The van der Waals surface area contributed by atoms with Gasteiger partial charge in [0, 0.05) is 19.6 Å². The van der Waals surface area contributed by atoms with Crippen molar-refractivity contribution in [2.24, 2.45) is 0 Å². The van der Waals surface area contributed by atoms with Crippen molar-refractivity contribution in [1.82, 2.24) is 10.2 Å². The van der Waals surface area contributed by atoms with E-state index in [2.05, 4.69) is 11.9 Å². The van der Waals surface area contributed by atoms with E-state index in [0.29, 0.717) is 19.1 Å². The van der Waals surface area contributed by atoms with Gasteiger partial charge in [-0.15, -0.1) is 6.58 Å². The van der Waals surface area contributed by atoms with Gasteiger partial charge in [0.05, 0.1) is 6.54 Å². The van der Waals surface area contributed by atoms with Crippen LogP contribution in [0.1, 0.15) is 25.7 Å². The molecule has 0 aromatic heterocycles. The number of carbonyl (C=O) groups is 1. The second-order valence-corrected chi connectivity index (χ2v) is 3.86. The Balaban J connectivity index is 2.24. The molecule has 0 unspecified atom stereocenters. The van der Waals surface area contributed by atoms with Crippen molar-refractivity contribution in [3.63, 3.8) is 0 Å². The molecule has 0 aliphatic heterocycles. The average Bonchev–Trinajstić information content (AvgIpc) is 2.69. The molecule has 1 aliphatic rings. The molecule has 0 radical (unpaired) electrons. The van der Waals surface area contributed by atoms with E-state index in [4.69, 9.17) is 0 Å². The molecule has 1 aliphatic carbocycles. The zero-order valence-electron chi connectivity index (χ0n) is 8.96. The van der Waals surface area contributed by atoms with Crippen LogP contribution in [0.25, 0.3) is 0 Å². The van der Waals surface area contributed by atoms with Crippen LogP contribution < -0.4 is 5.32 Å². The van der Waals surface area contributed by atoms with E-state index in [1.165, 1.54) is 25.7 Å². The fourth-order valence-corrected chi connectivity index (χ4v) is 1.90. The Morgan fingerprint density at radius 3 is 2.79 bits per heavy atom. The first-order valence-electron chi connectivity index (χ1n) is 5.33. The monoisotopic (exact) mass is 196 g/mol. The van der Waals surface area contributed by atoms with Crippen molar-refractivity contribution in [3.05, 3.63) is 12.7 Å². The maximum atomic E-state index is 11.6. The number of carbonyl (C=O) groups excluding carboxylic acids is 1. The van der Waals surface area contributed by atoms with E-state index in [1.54, 1.807) is 6.08 Å². The molecule has 3 heteroatoms. The molecule has 0 saturated heterocycles. The van der Waals surface area contributed by atoms with Crippen LogP contribution in [0.5, 0.6) is 0 Å². The highest BCUT2D eigenvalue weighted by Crippen LogP contribution is 2.22. The van der Waals surface area contributed by atoms with Gasteiger partial charge in [0.25, 0.3) is 0 Å². The van der Waals surface area contributed by atoms with Crippen LogP contribution in [0.15, 0.2) is 12.7 Å². The Bertz CT molecular complexity index is 197. The van der Waals surface area contributed by atoms with E-state index < -0.39 is 0 Å². The van der Waals surface area contributed by atoms with Gasteiger partial charge in [-0.05, 0) is 12.8 Å². The van der Waals surface area contributed by atoms with Crippen LogP contribution in [0.4, 0.5) is 0 Å². The molecule has 1 N–H and O–H groups in total. The molecular formula is C11H20N2O. The summed E-state index contributed by atoms with van der Waals surface area (Å²) in [5.74, 6) is 0.193. The first-order valence-corrected chi connectivity index (χ1v) is 5.33. The van der Waals surface area contributed by atoms with Crippen LogP contribution >= 0.6 is 0 Å². The van der Waals surface area contributed by atoms with Crippen molar-refractivity contribution in [1.29, 1.82) is 0 Å². The van der Waals surface area contributed by atoms with E-state index in [-0.39, 0.29) is 5.91 Å². The van der Waals surface area contributed by atoms with Crippen molar-refractivity contribution in [2.75, 3.05) is 20.1 Å². The standard InChI is InChI=1S/C11H20N2O/c1-3-8-12-9-11(14)13(2)10-6-4-5-7-10/h3,10,12H,1,4-9H2,2H3. The third-order valence-corrected chi connectivity index (χ3v) is 2.83. The lowest BCUT2D eigenvalue weighted by Gasteiger charge is -2.24. The lowest BCUT2D eigenvalue weighted by Crippen LogP contribution is -2.40. The summed E-state index contributed by atoms with van der Waals surface area (Å²) >= 11 is 0. The SMILES string of the molecule is C=CCNCC(=O)N(C)C1CCCC1. The molecule has 14 heavy (non-hydrogen) atoms. The van der Waals surface area contributed by atoms with Crippen molar-refractivity contribution in [3.8, 4) is 0 Å². The first-order chi connectivity index (χ1) is 6.75. The zero-order chi connectivity index (χ0) is 10.4. The minimum atomic E-state index is 0.193. The second-order valence-electron chi connectivity index (χ2n) is 3.86. The fourth-order valence-electron chi connectivity index (χ4n) is 1.90. The Morgan fingerprint density at radius 2 is 2.21 bits per heavy atom. The predicted octanol–water partition coefficient (Wildman–Crippen LogP) is 1.16. The number of amides is 1. The largest absolute Gasteiger partial charge is 0.342 e. The number of nitrogens with zero attached hydrogens (tertiary/aromatic N) is 1. The highest BCUT2D eigenvalue weighted by Gasteiger charge is 2.22. The minimum Gasteiger partial charge on any atom is -0.342 e. The van der Waals surface area contributed by atoms with Gasteiger partial charge in [0.15, 0.2) is 0 Å². The lowest BCUT2D eigenvalue weighted by atomic mass is 10.2. The topological polar surface area (TPSA) is 32.3 Å². The highest BCUT2D eigenvalue weighted by atomic mass is 16.2.